The minimum Gasteiger partial charge on any atom is -0.294 e. The Hall–Kier alpha value is -2.75. The van der Waals surface area contributed by atoms with Crippen molar-refractivity contribution in [1.29, 1.82) is 0 Å². The summed E-state index contributed by atoms with van der Waals surface area (Å²) < 4.78 is 1.82. The van der Waals surface area contributed by atoms with Gasteiger partial charge in [0.1, 0.15) is 0 Å². The van der Waals surface area contributed by atoms with Crippen LogP contribution in [0.15, 0.2) is 54.7 Å². The fourth-order valence-corrected chi connectivity index (χ4v) is 3.43. The quantitative estimate of drug-likeness (QED) is 0.715. The SMILES string of the molecule is CC1(C)CC(=O)c2c(nn(-c3ccccn3)c2-c2ccccc2)C1. The number of benzene rings is 1. The lowest BCUT2D eigenvalue weighted by Gasteiger charge is -2.27. The summed E-state index contributed by atoms with van der Waals surface area (Å²) in [5.41, 5.74) is 3.42. The van der Waals surface area contributed by atoms with E-state index in [1.807, 2.05) is 53.2 Å². The third kappa shape index (κ3) is 2.44. The van der Waals surface area contributed by atoms with E-state index in [2.05, 4.69) is 18.8 Å². The molecule has 1 aliphatic rings. The average Bonchev–Trinajstić information content (AvgIpc) is 2.94. The maximum atomic E-state index is 12.9. The second kappa shape index (κ2) is 5.41. The number of carbonyl (C=O) groups excluding carboxylic acids is 1. The summed E-state index contributed by atoms with van der Waals surface area (Å²) in [6, 6.07) is 15.7. The number of fused-ring (bicyclic) bond motifs is 1. The normalized spacial score (nSPS) is 16.0. The van der Waals surface area contributed by atoms with E-state index in [1.54, 1.807) is 6.20 Å². The topological polar surface area (TPSA) is 47.8 Å². The lowest BCUT2D eigenvalue weighted by atomic mass is 9.75. The van der Waals surface area contributed by atoms with Gasteiger partial charge in [0, 0.05) is 18.2 Å². The molecule has 0 unspecified atom stereocenters. The molecule has 0 saturated heterocycles. The minimum absolute atomic E-state index is 0.0542. The third-order valence-corrected chi connectivity index (χ3v) is 4.44. The van der Waals surface area contributed by atoms with E-state index in [-0.39, 0.29) is 11.2 Å². The van der Waals surface area contributed by atoms with Crippen LogP contribution in [-0.2, 0) is 6.42 Å². The van der Waals surface area contributed by atoms with Crippen LogP contribution < -0.4 is 0 Å². The second-order valence-corrected chi connectivity index (χ2v) is 7.08. The molecule has 0 amide bonds. The van der Waals surface area contributed by atoms with Crippen LogP contribution >= 0.6 is 0 Å². The fraction of sp³-hybridized carbons (Fsp3) is 0.250. The third-order valence-electron chi connectivity index (χ3n) is 4.44. The summed E-state index contributed by atoms with van der Waals surface area (Å²) >= 11 is 0. The van der Waals surface area contributed by atoms with Gasteiger partial charge >= 0.3 is 0 Å². The van der Waals surface area contributed by atoms with E-state index >= 15 is 0 Å². The van der Waals surface area contributed by atoms with E-state index < -0.39 is 0 Å². The summed E-state index contributed by atoms with van der Waals surface area (Å²) in [5.74, 6) is 0.902. The molecular formula is C20H19N3O. The Bertz CT molecular complexity index is 895. The van der Waals surface area contributed by atoms with E-state index in [4.69, 9.17) is 5.10 Å². The second-order valence-electron chi connectivity index (χ2n) is 7.08. The van der Waals surface area contributed by atoms with Crippen molar-refractivity contribution in [1.82, 2.24) is 14.8 Å². The largest absolute Gasteiger partial charge is 0.294 e. The molecule has 0 N–H and O–H groups in total. The Morgan fingerprint density at radius 3 is 2.46 bits per heavy atom. The molecule has 0 fully saturated rings. The first kappa shape index (κ1) is 14.8. The average molecular weight is 317 g/mol. The van der Waals surface area contributed by atoms with Crippen LogP contribution in [0.4, 0.5) is 0 Å². The van der Waals surface area contributed by atoms with Gasteiger partial charge in [-0.3, -0.25) is 4.79 Å². The van der Waals surface area contributed by atoms with Crippen molar-refractivity contribution in [3.63, 3.8) is 0 Å². The monoisotopic (exact) mass is 317 g/mol. The number of nitrogens with zero attached hydrogens (tertiary/aromatic N) is 3. The zero-order chi connectivity index (χ0) is 16.7. The number of aromatic nitrogens is 3. The van der Waals surface area contributed by atoms with Crippen LogP contribution in [0.5, 0.6) is 0 Å². The Labute approximate surface area is 141 Å². The van der Waals surface area contributed by atoms with Crippen LogP contribution in [0.1, 0.15) is 36.3 Å². The fourth-order valence-electron chi connectivity index (χ4n) is 3.43. The Morgan fingerprint density at radius 1 is 1.00 bits per heavy atom. The predicted molar refractivity (Wildman–Crippen MR) is 93.2 cm³/mol. The first-order valence-corrected chi connectivity index (χ1v) is 8.17. The van der Waals surface area contributed by atoms with Gasteiger partial charge in [-0.2, -0.15) is 5.10 Å². The number of Topliss-reactive ketones (excluding diaryl/α,β-unsaturated/α-hetero) is 1. The van der Waals surface area contributed by atoms with E-state index in [0.717, 1.165) is 34.8 Å². The lowest BCUT2D eigenvalue weighted by molar-refractivity contribution is 0.0912. The van der Waals surface area contributed by atoms with Crippen molar-refractivity contribution in [2.75, 3.05) is 0 Å². The van der Waals surface area contributed by atoms with Gasteiger partial charge in [-0.15, -0.1) is 0 Å². The van der Waals surface area contributed by atoms with E-state index in [1.165, 1.54) is 0 Å². The van der Waals surface area contributed by atoms with Crippen LogP contribution in [0, 0.1) is 5.41 Å². The first-order valence-electron chi connectivity index (χ1n) is 8.17. The number of hydrogen-bond donors (Lipinski definition) is 0. The van der Waals surface area contributed by atoms with Gasteiger partial charge in [0.15, 0.2) is 11.6 Å². The van der Waals surface area contributed by atoms with Gasteiger partial charge in [0.05, 0.1) is 17.0 Å². The minimum atomic E-state index is -0.0542. The molecule has 0 radical (unpaired) electrons. The van der Waals surface area contributed by atoms with Gasteiger partial charge in [0.25, 0.3) is 0 Å². The van der Waals surface area contributed by atoms with Gasteiger partial charge in [-0.05, 0) is 24.0 Å². The maximum Gasteiger partial charge on any atom is 0.167 e. The van der Waals surface area contributed by atoms with Crippen LogP contribution in [0.3, 0.4) is 0 Å². The molecule has 0 bridgehead atoms. The highest BCUT2D eigenvalue weighted by atomic mass is 16.1. The summed E-state index contributed by atoms with van der Waals surface area (Å²) in [4.78, 5) is 17.3. The molecule has 4 nitrogen and oxygen atoms in total. The lowest BCUT2D eigenvalue weighted by Crippen LogP contribution is -2.26. The predicted octanol–water partition coefficient (Wildman–Crippen LogP) is 4.09. The zero-order valence-corrected chi connectivity index (χ0v) is 13.9. The molecule has 1 aromatic carbocycles. The molecule has 3 aromatic rings. The van der Waals surface area contributed by atoms with Crippen molar-refractivity contribution in [2.24, 2.45) is 5.41 Å². The highest BCUT2D eigenvalue weighted by Gasteiger charge is 2.36. The van der Waals surface area contributed by atoms with Crippen LogP contribution in [0.2, 0.25) is 0 Å². The van der Waals surface area contributed by atoms with Crippen molar-refractivity contribution in [3.8, 4) is 17.1 Å². The van der Waals surface area contributed by atoms with Crippen LogP contribution in [-0.4, -0.2) is 20.5 Å². The number of rotatable bonds is 2. The van der Waals surface area contributed by atoms with Gasteiger partial charge in [-0.25, -0.2) is 9.67 Å². The number of hydrogen-bond acceptors (Lipinski definition) is 3. The zero-order valence-electron chi connectivity index (χ0n) is 13.9. The molecule has 0 atom stereocenters. The number of carbonyl (C=O) groups is 1. The van der Waals surface area contributed by atoms with E-state index in [0.29, 0.717) is 6.42 Å². The van der Waals surface area contributed by atoms with Crippen LogP contribution in [0.25, 0.3) is 17.1 Å². The van der Waals surface area contributed by atoms with Crippen molar-refractivity contribution in [2.45, 2.75) is 26.7 Å². The molecule has 0 saturated carbocycles. The molecule has 120 valence electrons. The summed E-state index contributed by atoms with van der Waals surface area (Å²) in [6.07, 6.45) is 3.10. The summed E-state index contributed by atoms with van der Waals surface area (Å²) in [5, 5.41) is 4.78. The van der Waals surface area contributed by atoms with E-state index in [9.17, 15) is 4.79 Å². The Kier molecular flexibility index (Phi) is 3.34. The molecule has 4 heteroatoms. The first-order chi connectivity index (χ1) is 11.6. The highest BCUT2D eigenvalue weighted by molar-refractivity contribution is 6.04. The smallest absolute Gasteiger partial charge is 0.167 e. The molecule has 1 aliphatic carbocycles. The molecule has 24 heavy (non-hydrogen) atoms. The summed E-state index contributed by atoms with van der Waals surface area (Å²) in [6.45, 7) is 4.24. The molecule has 2 heterocycles. The maximum absolute atomic E-state index is 12.9. The summed E-state index contributed by atoms with van der Waals surface area (Å²) in [7, 11) is 0. The molecular weight excluding hydrogens is 298 g/mol. The molecule has 2 aromatic heterocycles. The van der Waals surface area contributed by atoms with Crippen molar-refractivity contribution < 1.29 is 4.79 Å². The Morgan fingerprint density at radius 2 is 1.75 bits per heavy atom. The van der Waals surface area contributed by atoms with Gasteiger partial charge < -0.3 is 0 Å². The van der Waals surface area contributed by atoms with Gasteiger partial charge in [-0.1, -0.05) is 50.2 Å². The van der Waals surface area contributed by atoms with Crippen molar-refractivity contribution in [3.05, 3.63) is 66.0 Å². The number of ketones is 1. The number of pyridine rings is 1. The van der Waals surface area contributed by atoms with Gasteiger partial charge in [0.2, 0.25) is 0 Å². The van der Waals surface area contributed by atoms with Crippen molar-refractivity contribution >= 4 is 5.78 Å². The highest BCUT2D eigenvalue weighted by Crippen LogP contribution is 2.39. The molecule has 0 aliphatic heterocycles. The standard InChI is InChI=1S/C20H19N3O/c1-20(2)12-15-18(16(24)13-20)19(14-8-4-3-5-9-14)23(22-15)17-10-6-7-11-21-17/h3-11H,12-13H2,1-2H3. The Balaban J connectivity index is 2.00. The molecule has 0 spiro atoms. The molecule has 4 rings (SSSR count).